The minimum Gasteiger partial charge on any atom is -0.462 e. The topological polar surface area (TPSA) is 50.1 Å². The molecule has 0 spiro atoms. The number of nitrogens with zero attached hydrogens (tertiary/aromatic N) is 1. The van der Waals surface area contributed by atoms with Crippen LogP contribution < -0.4 is 0 Å². The zero-order valence-corrected chi connectivity index (χ0v) is 9.48. The number of carbonyl (C=O) groups excluding carboxylic acids is 1. The van der Waals surface area contributed by atoms with Crippen LogP contribution in [0.1, 0.15) is 35.2 Å². The van der Waals surface area contributed by atoms with Crippen molar-refractivity contribution in [2.75, 3.05) is 6.61 Å². The van der Waals surface area contributed by atoms with Gasteiger partial charge in [0.1, 0.15) is 0 Å². The van der Waals surface area contributed by atoms with Crippen LogP contribution in [0.3, 0.4) is 0 Å². The quantitative estimate of drug-likeness (QED) is 0.441. The molecule has 0 fully saturated rings. The van der Waals surface area contributed by atoms with Gasteiger partial charge in [-0.3, -0.25) is 0 Å². The van der Waals surface area contributed by atoms with E-state index in [-0.39, 0.29) is 5.97 Å². The van der Waals surface area contributed by atoms with Gasteiger partial charge in [0.2, 0.25) is 0 Å². The minimum absolute atomic E-state index is 0.366. The van der Waals surface area contributed by atoms with Crippen molar-refractivity contribution in [3.05, 3.63) is 35.4 Å². The lowest BCUT2D eigenvalue weighted by Crippen LogP contribution is -2.06. The average molecular weight is 227 g/mol. The van der Waals surface area contributed by atoms with Crippen molar-refractivity contribution in [3.63, 3.8) is 0 Å². The van der Waals surface area contributed by atoms with Crippen LogP contribution in [0.25, 0.3) is 0 Å². The first kappa shape index (κ1) is 12.8. The van der Waals surface area contributed by atoms with E-state index >= 15 is 0 Å². The maximum atomic E-state index is 11.5. The van der Waals surface area contributed by atoms with E-state index < -0.39 is 0 Å². The first-order valence-corrected chi connectivity index (χ1v) is 5.38. The Kier molecular flexibility index (Phi) is 5.34. The minimum atomic E-state index is -0.366. The van der Waals surface area contributed by atoms with Gasteiger partial charge in [0.05, 0.1) is 23.8 Å². The number of ether oxygens (including phenoxy) is 1. The maximum absolute atomic E-state index is 11.5. The Morgan fingerprint density at radius 1 is 1.29 bits per heavy atom. The molecule has 0 N–H and O–H groups in total. The third-order valence-electron chi connectivity index (χ3n) is 2.20. The second kappa shape index (κ2) is 7.09. The summed E-state index contributed by atoms with van der Waals surface area (Å²) in [6.07, 6.45) is 7.44. The van der Waals surface area contributed by atoms with Crippen LogP contribution in [0.5, 0.6) is 0 Å². The lowest BCUT2D eigenvalue weighted by atomic mass is 10.1. The number of hydrogen-bond donors (Lipinski definition) is 0. The van der Waals surface area contributed by atoms with Gasteiger partial charge in [-0.15, -0.1) is 12.3 Å². The molecular formula is C14H13NO2. The molecule has 0 aliphatic carbocycles. The zero-order chi connectivity index (χ0) is 12.5. The predicted octanol–water partition coefficient (Wildman–Crippen LogP) is 2.52. The van der Waals surface area contributed by atoms with Gasteiger partial charge in [-0.05, 0) is 37.1 Å². The van der Waals surface area contributed by atoms with Crippen LogP contribution in [0.15, 0.2) is 24.3 Å². The Hall–Kier alpha value is -2.26. The molecule has 0 heterocycles. The summed E-state index contributed by atoms with van der Waals surface area (Å²) in [6.45, 7) is 0.376. The highest BCUT2D eigenvalue weighted by Crippen LogP contribution is 2.05. The van der Waals surface area contributed by atoms with Gasteiger partial charge >= 0.3 is 5.97 Å². The molecule has 17 heavy (non-hydrogen) atoms. The largest absolute Gasteiger partial charge is 0.462 e. The molecule has 0 bridgehead atoms. The van der Waals surface area contributed by atoms with Crippen molar-refractivity contribution >= 4 is 5.97 Å². The monoisotopic (exact) mass is 227 g/mol. The van der Waals surface area contributed by atoms with Crippen molar-refractivity contribution in [3.8, 4) is 18.4 Å². The van der Waals surface area contributed by atoms with E-state index in [0.29, 0.717) is 24.2 Å². The van der Waals surface area contributed by atoms with E-state index in [2.05, 4.69) is 5.92 Å². The van der Waals surface area contributed by atoms with Crippen LogP contribution >= 0.6 is 0 Å². The summed E-state index contributed by atoms with van der Waals surface area (Å²) >= 11 is 0. The van der Waals surface area contributed by atoms with E-state index in [1.54, 1.807) is 24.3 Å². The summed E-state index contributed by atoms with van der Waals surface area (Å²) in [5.74, 6) is 2.16. The molecule has 0 aromatic heterocycles. The Morgan fingerprint density at radius 2 is 2.00 bits per heavy atom. The molecule has 86 valence electrons. The summed E-state index contributed by atoms with van der Waals surface area (Å²) in [4.78, 5) is 11.5. The Bertz CT molecular complexity index is 449. The first-order valence-electron chi connectivity index (χ1n) is 5.38. The van der Waals surface area contributed by atoms with Gasteiger partial charge in [-0.2, -0.15) is 5.26 Å². The fourth-order valence-corrected chi connectivity index (χ4v) is 1.26. The molecule has 0 unspecified atom stereocenters. The summed E-state index contributed by atoms with van der Waals surface area (Å²) < 4.78 is 5.06. The molecule has 3 nitrogen and oxygen atoms in total. The first-order chi connectivity index (χ1) is 8.27. The number of nitriles is 1. The number of unbranched alkanes of at least 4 members (excludes halogenated alkanes) is 2. The van der Waals surface area contributed by atoms with E-state index in [4.69, 9.17) is 16.4 Å². The number of hydrogen-bond acceptors (Lipinski definition) is 3. The van der Waals surface area contributed by atoms with E-state index in [1.807, 2.05) is 6.07 Å². The highest BCUT2D eigenvalue weighted by atomic mass is 16.5. The van der Waals surface area contributed by atoms with E-state index in [9.17, 15) is 4.79 Å². The van der Waals surface area contributed by atoms with Gasteiger partial charge in [-0.25, -0.2) is 4.79 Å². The smallest absolute Gasteiger partial charge is 0.338 e. The van der Waals surface area contributed by atoms with Gasteiger partial charge in [0, 0.05) is 6.42 Å². The van der Waals surface area contributed by atoms with Crippen LogP contribution in [-0.2, 0) is 4.74 Å². The van der Waals surface area contributed by atoms with E-state index in [0.717, 1.165) is 12.8 Å². The molecule has 1 aromatic carbocycles. The third-order valence-corrected chi connectivity index (χ3v) is 2.20. The van der Waals surface area contributed by atoms with Crippen LogP contribution in [-0.4, -0.2) is 12.6 Å². The normalized spacial score (nSPS) is 9.06. The van der Waals surface area contributed by atoms with Gasteiger partial charge in [0.15, 0.2) is 0 Å². The standard InChI is InChI=1S/C14H13NO2/c1-2-3-4-5-10-17-14(16)13-8-6-12(11-15)7-9-13/h1,6-9H,3-5,10H2. The van der Waals surface area contributed by atoms with Crippen LogP contribution in [0.2, 0.25) is 0 Å². The van der Waals surface area contributed by atoms with Gasteiger partial charge < -0.3 is 4.74 Å². The molecule has 0 saturated heterocycles. The molecule has 0 atom stereocenters. The van der Waals surface area contributed by atoms with E-state index in [1.165, 1.54) is 0 Å². The Balaban J connectivity index is 2.37. The fourth-order valence-electron chi connectivity index (χ4n) is 1.26. The van der Waals surface area contributed by atoms with Gasteiger partial charge in [0.25, 0.3) is 0 Å². The zero-order valence-electron chi connectivity index (χ0n) is 9.48. The summed E-state index contributed by atoms with van der Waals surface area (Å²) in [6, 6.07) is 8.34. The highest BCUT2D eigenvalue weighted by Gasteiger charge is 2.06. The fraction of sp³-hybridized carbons (Fsp3) is 0.286. The molecule has 0 amide bonds. The number of benzene rings is 1. The third kappa shape index (κ3) is 4.40. The molecule has 3 heteroatoms. The summed E-state index contributed by atoms with van der Waals surface area (Å²) in [7, 11) is 0. The molecule has 1 rings (SSSR count). The second-order valence-corrected chi connectivity index (χ2v) is 3.49. The summed E-state index contributed by atoms with van der Waals surface area (Å²) in [5.41, 5.74) is 0.983. The molecule has 0 aliphatic heterocycles. The second-order valence-electron chi connectivity index (χ2n) is 3.49. The van der Waals surface area contributed by atoms with Crippen LogP contribution in [0, 0.1) is 23.7 Å². The maximum Gasteiger partial charge on any atom is 0.338 e. The number of carbonyl (C=O) groups is 1. The number of terminal acetylenes is 1. The molecule has 0 aliphatic rings. The Morgan fingerprint density at radius 3 is 2.59 bits per heavy atom. The molecule has 1 aromatic rings. The van der Waals surface area contributed by atoms with Crippen molar-refractivity contribution in [2.24, 2.45) is 0 Å². The lowest BCUT2D eigenvalue weighted by Gasteiger charge is -2.03. The number of esters is 1. The average Bonchev–Trinajstić information content (AvgIpc) is 2.38. The predicted molar refractivity (Wildman–Crippen MR) is 64.1 cm³/mol. The van der Waals surface area contributed by atoms with Crippen molar-refractivity contribution in [1.29, 1.82) is 5.26 Å². The van der Waals surface area contributed by atoms with Gasteiger partial charge in [-0.1, -0.05) is 0 Å². The number of rotatable bonds is 5. The van der Waals surface area contributed by atoms with Crippen molar-refractivity contribution < 1.29 is 9.53 Å². The van der Waals surface area contributed by atoms with Crippen LogP contribution in [0.4, 0.5) is 0 Å². The SMILES string of the molecule is C#CCCCCOC(=O)c1ccc(C#N)cc1. The van der Waals surface area contributed by atoms with Crippen molar-refractivity contribution in [2.45, 2.75) is 19.3 Å². The van der Waals surface area contributed by atoms with Crippen molar-refractivity contribution in [1.82, 2.24) is 0 Å². The Labute approximate surface area is 101 Å². The lowest BCUT2D eigenvalue weighted by molar-refractivity contribution is 0.0499. The highest BCUT2D eigenvalue weighted by molar-refractivity contribution is 5.89. The molecule has 0 radical (unpaired) electrons. The molecule has 0 saturated carbocycles. The summed E-state index contributed by atoms with van der Waals surface area (Å²) in [5, 5.41) is 8.61. The molecular weight excluding hydrogens is 214 g/mol.